The summed E-state index contributed by atoms with van der Waals surface area (Å²) >= 11 is 0. The Hall–Kier alpha value is -2.30. The molecule has 0 spiro atoms. The van der Waals surface area contributed by atoms with Gasteiger partial charge in [-0.2, -0.15) is 0 Å². The van der Waals surface area contributed by atoms with E-state index in [0.717, 1.165) is 23.9 Å². The average Bonchev–Trinajstić information content (AvgIpc) is 2.75. The second-order valence-electron chi connectivity index (χ2n) is 4.74. The summed E-state index contributed by atoms with van der Waals surface area (Å²) in [5, 5.41) is 22.7. The third-order valence-corrected chi connectivity index (χ3v) is 3.31. The fourth-order valence-corrected chi connectivity index (χ4v) is 2.47. The van der Waals surface area contributed by atoms with Crippen LogP contribution in [0.25, 0.3) is 10.9 Å². The SMILES string of the molecule is CCCn1cc([C@@H](CC(=O)[O-])C(=O)[O-])c2ccccc21. The first-order valence-electron chi connectivity index (χ1n) is 6.53. The molecular weight excluding hydrogens is 258 g/mol. The number of aromatic nitrogens is 1. The van der Waals surface area contributed by atoms with Crippen LogP contribution in [-0.4, -0.2) is 16.5 Å². The lowest BCUT2D eigenvalue weighted by Gasteiger charge is -2.18. The van der Waals surface area contributed by atoms with Crippen molar-refractivity contribution >= 4 is 22.8 Å². The second kappa shape index (κ2) is 5.77. The van der Waals surface area contributed by atoms with Gasteiger partial charge >= 0.3 is 0 Å². The van der Waals surface area contributed by atoms with Gasteiger partial charge in [0.2, 0.25) is 0 Å². The standard InChI is InChI=1S/C15H17NO4/c1-2-7-16-9-12(10-5-3-4-6-13(10)16)11(15(19)20)8-14(17)18/h3-6,9,11H,2,7-8H2,1H3,(H,17,18)(H,19,20)/p-2/t11-/m1/s1. The van der Waals surface area contributed by atoms with Crippen LogP contribution >= 0.6 is 0 Å². The van der Waals surface area contributed by atoms with E-state index >= 15 is 0 Å². The van der Waals surface area contributed by atoms with Gasteiger partial charge in [-0.05, 0) is 24.5 Å². The van der Waals surface area contributed by atoms with E-state index in [2.05, 4.69) is 0 Å². The Morgan fingerprint density at radius 2 is 1.95 bits per heavy atom. The Bertz CT molecular complexity index is 644. The summed E-state index contributed by atoms with van der Waals surface area (Å²) in [5.74, 6) is -3.98. The Morgan fingerprint density at radius 1 is 1.25 bits per heavy atom. The first-order valence-corrected chi connectivity index (χ1v) is 6.53. The van der Waals surface area contributed by atoms with Gasteiger partial charge in [-0.3, -0.25) is 0 Å². The fraction of sp³-hybridized carbons (Fsp3) is 0.333. The van der Waals surface area contributed by atoms with Crippen LogP contribution in [0.15, 0.2) is 30.5 Å². The van der Waals surface area contributed by atoms with E-state index in [-0.39, 0.29) is 0 Å². The van der Waals surface area contributed by atoms with Crippen molar-refractivity contribution in [2.24, 2.45) is 0 Å². The lowest BCUT2D eigenvalue weighted by molar-refractivity contribution is -0.317. The molecule has 20 heavy (non-hydrogen) atoms. The van der Waals surface area contributed by atoms with Gasteiger partial charge in [0.1, 0.15) is 0 Å². The quantitative estimate of drug-likeness (QED) is 0.743. The smallest absolute Gasteiger partial charge is 0.0493 e. The summed E-state index contributed by atoms with van der Waals surface area (Å²) < 4.78 is 1.94. The molecule has 1 atom stereocenters. The Kier molecular flexibility index (Phi) is 4.08. The molecule has 1 heterocycles. The fourth-order valence-electron chi connectivity index (χ4n) is 2.47. The molecule has 0 amide bonds. The number of benzene rings is 1. The van der Waals surface area contributed by atoms with Crippen LogP contribution in [0.5, 0.6) is 0 Å². The predicted molar refractivity (Wildman–Crippen MR) is 69.6 cm³/mol. The number of carboxylic acid groups (broad SMARTS) is 2. The van der Waals surface area contributed by atoms with Crippen molar-refractivity contribution in [1.29, 1.82) is 0 Å². The summed E-state index contributed by atoms with van der Waals surface area (Å²) in [5.41, 5.74) is 1.37. The van der Waals surface area contributed by atoms with E-state index in [9.17, 15) is 19.8 Å². The predicted octanol–water partition coefficient (Wildman–Crippen LogP) is 0.0248. The minimum atomic E-state index is -1.40. The third kappa shape index (κ3) is 2.66. The maximum Gasteiger partial charge on any atom is 0.0493 e. The van der Waals surface area contributed by atoms with Gasteiger partial charge in [0.05, 0.1) is 0 Å². The second-order valence-corrected chi connectivity index (χ2v) is 4.74. The van der Waals surface area contributed by atoms with Gasteiger partial charge in [-0.15, -0.1) is 0 Å². The van der Waals surface area contributed by atoms with Gasteiger partial charge in [0.15, 0.2) is 0 Å². The highest BCUT2D eigenvalue weighted by Gasteiger charge is 2.19. The molecule has 5 heteroatoms. The molecule has 0 aliphatic heterocycles. The summed E-state index contributed by atoms with van der Waals surface area (Å²) in [7, 11) is 0. The molecule has 106 valence electrons. The van der Waals surface area contributed by atoms with Crippen molar-refractivity contribution < 1.29 is 19.8 Å². The molecule has 0 bridgehead atoms. The number of carbonyl (C=O) groups is 2. The van der Waals surface area contributed by atoms with E-state index in [4.69, 9.17) is 0 Å². The number of carbonyl (C=O) groups excluding carboxylic acids is 2. The van der Waals surface area contributed by atoms with E-state index in [1.54, 1.807) is 18.3 Å². The highest BCUT2D eigenvalue weighted by atomic mass is 16.4. The average molecular weight is 273 g/mol. The Morgan fingerprint density at radius 3 is 2.55 bits per heavy atom. The highest BCUT2D eigenvalue weighted by molar-refractivity contribution is 5.91. The number of carboxylic acids is 2. The molecule has 1 aromatic carbocycles. The lowest BCUT2D eigenvalue weighted by Crippen LogP contribution is -2.34. The van der Waals surface area contributed by atoms with Crippen LogP contribution in [0.4, 0.5) is 0 Å². The van der Waals surface area contributed by atoms with E-state index in [1.165, 1.54) is 0 Å². The van der Waals surface area contributed by atoms with Crippen molar-refractivity contribution in [3.63, 3.8) is 0 Å². The van der Waals surface area contributed by atoms with Crippen molar-refractivity contribution in [1.82, 2.24) is 4.57 Å². The van der Waals surface area contributed by atoms with Crippen molar-refractivity contribution in [2.75, 3.05) is 0 Å². The number of aliphatic carboxylic acids is 2. The van der Waals surface area contributed by atoms with Crippen LogP contribution in [0.2, 0.25) is 0 Å². The van der Waals surface area contributed by atoms with Gasteiger partial charge < -0.3 is 24.4 Å². The van der Waals surface area contributed by atoms with Crippen molar-refractivity contribution in [3.8, 4) is 0 Å². The molecule has 2 rings (SSSR count). The zero-order valence-corrected chi connectivity index (χ0v) is 11.2. The maximum absolute atomic E-state index is 11.2. The number of rotatable bonds is 6. The van der Waals surface area contributed by atoms with Gasteiger partial charge in [0.25, 0.3) is 0 Å². The molecule has 0 radical (unpaired) electrons. The highest BCUT2D eigenvalue weighted by Crippen LogP contribution is 2.29. The van der Waals surface area contributed by atoms with Crippen LogP contribution < -0.4 is 10.2 Å². The molecule has 0 saturated carbocycles. The Balaban J connectivity index is 2.56. The minimum Gasteiger partial charge on any atom is -0.550 e. The van der Waals surface area contributed by atoms with Crippen LogP contribution in [-0.2, 0) is 16.1 Å². The minimum absolute atomic E-state index is 0.471. The van der Waals surface area contributed by atoms with E-state index in [0.29, 0.717) is 5.56 Å². The molecule has 0 aliphatic carbocycles. The molecule has 0 aliphatic rings. The maximum atomic E-state index is 11.2. The molecule has 2 aromatic rings. The number of fused-ring (bicyclic) bond motifs is 1. The summed E-state index contributed by atoms with van der Waals surface area (Å²) in [4.78, 5) is 22.0. The topological polar surface area (TPSA) is 85.2 Å². The normalized spacial score (nSPS) is 12.4. The number of aryl methyl sites for hydroxylation is 1. The molecule has 0 saturated heterocycles. The number of hydrogen-bond donors (Lipinski definition) is 0. The lowest BCUT2D eigenvalue weighted by atomic mass is 9.95. The first kappa shape index (κ1) is 14.1. The molecule has 5 nitrogen and oxygen atoms in total. The summed E-state index contributed by atoms with van der Waals surface area (Å²) in [6, 6.07) is 7.35. The van der Waals surface area contributed by atoms with Crippen LogP contribution in [0.3, 0.4) is 0 Å². The zero-order valence-electron chi connectivity index (χ0n) is 11.2. The van der Waals surface area contributed by atoms with Gasteiger partial charge in [-0.1, -0.05) is 25.1 Å². The monoisotopic (exact) mass is 273 g/mol. The van der Waals surface area contributed by atoms with Crippen LogP contribution in [0, 0.1) is 0 Å². The van der Waals surface area contributed by atoms with Crippen molar-refractivity contribution in [2.45, 2.75) is 32.2 Å². The first-order chi connectivity index (χ1) is 9.54. The molecule has 1 aromatic heterocycles. The molecular formula is C15H15NO4-2. The number of para-hydroxylation sites is 1. The molecule has 0 unspecified atom stereocenters. The molecule has 0 N–H and O–H groups in total. The van der Waals surface area contributed by atoms with E-state index < -0.39 is 24.3 Å². The zero-order chi connectivity index (χ0) is 14.7. The van der Waals surface area contributed by atoms with E-state index in [1.807, 2.05) is 23.6 Å². The summed E-state index contributed by atoms with van der Waals surface area (Å²) in [6.45, 7) is 2.76. The van der Waals surface area contributed by atoms with Gasteiger partial charge in [-0.25, -0.2) is 0 Å². The summed E-state index contributed by atoms with van der Waals surface area (Å²) in [6.07, 6.45) is 2.02. The largest absolute Gasteiger partial charge is 0.550 e. The number of nitrogens with zero attached hydrogens (tertiary/aromatic N) is 1. The Labute approximate surface area is 116 Å². The van der Waals surface area contributed by atoms with Crippen molar-refractivity contribution in [3.05, 3.63) is 36.0 Å². The van der Waals surface area contributed by atoms with Crippen LogP contribution in [0.1, 0.15) is 31.2 Å². The van der Waals surface area contributed by atoms with Gasteiger partial charge in [0, 0.05) is 41.5 Å². The third-order valence-electron chi connectivity index (χ3n) is 3.31. The molecule has 0 fully saturated rings. The number of hydrogen-bond acceptors (Lipinski definition) is 4.